The van der Waals surface area contributed by atoms with Crippen LogP contribution in [0.1, 0.15) is 5.56 Å². The molecule has 1 aromatic carbocycles. The van der Waals surface area contributed by atoms with Crippen molar-refractivity contribution >= 4 is 35.8 Å². The van der Waals surface area contributed by atoms with Crippen molar-refractivity contribution in [1.82, 2.24) is 0 Å². The first-order valence-electron chi connectivity index (χ1n) is 3.71. The SMILES string of the molecule is SC(CCl)Cc1ccc(Cl)cc1. The third-order valence-electron chi connectivity index (χ3n) is 1.56. The van der Waals surface area contributed by atoms with Gasteiger partial charge in [-0.25, -0.2) is 0 Å². The van der Waals surface area contributed by atoms with Gasteiger partial charge in [0.2, 0.25) is 0 Å². The second-order valence-corrected chi connectivity index (χ2v) is 4.11. The average Bonchev–Trinajstić information content (AvgIpc) is 2.09. The van der Waals surface area contributed by atoms with E-state index >= 15 is 0 Å². The van der Waals surface area contributed by atoms with Gasteiger partial charge in [0.05, 0.1) is 0 Å². The van der Waals surface area contributed by atoms with E-state index in [-0.39, 0.29) is 5.25 Å². The van der Waals surface area contributed by atoms with Gasteiger partial charge in [-0.2, -0.15) is 12.6 Å². The van der Waals surface area contributed by atoms with Gasteiger partial charge < -0.3 is 0 Å². The molecule has 0 aliphatic rings. The highest BCUT2D eigenvalue weighted by Gasteiger charge is 2.01. The minimum absolute atomic E-state index is 0.229. The van der Waals surface area contributed by atoms with E-state index in [1.54, 1.807) is 0 Å². The predicted molar refractivity (Wildman–Crippen MR) is 58.7 cm³/mol. The first-order valence-corrected chi connectivity index (χ1v) is 5.13. The molecule has 0 fully saturated rings. The first-order chi connectivity index (χ1) is 5.72. The van der Waals surface area contributed by atoms with Crippen LogP contribution < -0.4 is 0 Å². The number of rotatable bonds is 3. The van der Waals surface area contributed by atoms with Crippen LogP contribution in [0.4, 0.5) is 0 Å². The highest BCUT2D eigenvalue weighted by molar-refractivity contribution is 7.81. The van der Waals surface area contributed by atoms with Crippen LogP contribution in [-0.4, -0.2) is 11.1 Å². The van der Waals surface area contributed by atoms with Crippen molar-refractivity contribution in [3.8, 4) is 0 Å². The molecule has 66 valence electrons. The van der Waals surface area contributed by atoms with Gasteiger partial charge >= 0.3 is 0 Å². The zero-order chi connectivity index (χ0) is 8.97. The van der Waals surface area contributed by atoms with Crippen LogP contribution in [0.25, 0.3) is 0 Å². The van der Waals surface area contributed by atoms with Crippen molar-refractivity contribution < 1.29 is 0 Å². The molecule has 0 saturated carbocycles. The van der Waals surface area contributed by atoms with Gasteiger partial charge in [0.1, 0.15) is 0 Å². The maximum Gasteiger partial charge on any atom is 0.0406 e. The zero-order valence-electron chi connectivity index (χ0n) is 6.50. The number of thiol groups is 1. The molecule has 0 radical (unpaired) electrons. The molecule has 0 aliphatic carbocycles. The van der Waals surface area contributed by atoms with Gasteiger partial charge in [0, 0.05) is 16.2 Å². The van der Waals surface area contributed by atoms with Crippen molar-refractivity contribution in [3.63, 3.8) is 0 Å². The standard InChI is InChI=1S/C9H10Cl2S/c10-6-9(12)5-7-1-3-8(11)4-2-7/h1-4,9,12H,5-6H2. The largest absolute Gasteiger partial charge is 0.174 e. The van der Waals surface area contributed by atoms with E-state index in [2.05, 4.69) is 12.6 Å². The highest BCUT2D eigenvalue weighted by Crippen LogP contribution is 2.13. The Labute approximate surface area is 88.3 Å². The van der Waals surface area contributed by atoms with Crippen LogP contribution in [0, 0.1) is 0 Å². The van der Waals surface area contributed by atoms with E-state index in [1.165, 1.54) is 5.56 Å². The van der Waals surface area contributed by atoms with Gasteiger partial charge in [0.25, 0.3) is 0 Å². The molecular formula is C9H10Cl2S. The van der Waals surface area contributed by atoms with Crippen molar-refractivity contribution in [2.45, 2.75) is 11.7 Å². The van der Waals surface area contributed by atoms with Gasteiger partial charge in [-0.15, -0.1) is 11.6 Å². The van der Waals surface area contributed by atoms with Crippen LogP contribution in [0.3, 0.4) is 0 Å². The molecule has 12 heavy (non-hydrogen) atoms. The molecule has 1 aromatic rings. The quantitative estimate of drug-likeness (QED) is 0.586. The summed E-state index contributed by atoms with van der Waals surface area (Å²) in [5.41, 5.74) is 1.22. The molecule has 1 rings (SSSR count). The summed E-state index contributed by atoms with van der Waals surface area (Å²) >= 11 is 15.7. The molecular weight excluding hydrogens is 211 g/mol. The van der Waals surface area contributed by atoms with Crippen molar-refractivity contribution in [3.05, 3.63) is 34.9 Å². The zero-order valence-corrected chi connectivity index (χ0v) is 8.91. The van der Waals surface area contributed by atoms with Crippen LogP contribution >= 0.6 is 35.8 Å². The molecule has 3 heteroatoms. The van der Waals surface area contributed by atoms with E-state index in [9.17, 15) is 0 Å². The van der Waals surface area contributed by atoms with Crippen LogP contribution in [-0.2, 0) is 6.42 Å². The topological polar surface area (TPSA) is 0 Å². The van der Waals surface area contributed by atoms with E-state index in [1.807, 2.05) is 24.3 Å². The maximum absolute atomic E-state index is 5.74. The van der Waals surface area contributed by atoms with Gasteiger partial charge in [0.15, 0.2) is 0 Å². The van der Waals surface area contributed by atoms with Crippen molar-refractivity contribution in [2.24, 2.45) is 0 Å². The predicted octanol–water partition coefficient (Wildman–Crippen LogP) is 3.42. The van der Waals surface area contributed by atoms with Crippen molar-refractivity contribution in [2.75, 3.05) is 5.88 Å². The summed E-state index contributed by atoms with van der Waals surface area (Å²) < 4.78 is 0. The lowest BCUT2D eigenvalue weighted by atomic mass is 10.1. The van der Waals surface area contributed by atoms with Crippen LogP contribution in [0.2, 0.25) is 5.02 Å². The molecule has 0 spiro atoms. The Kier molecular flexibility index (Phi) is 4.27. The lowest BCUT2D eigenvalue weighted by Crippen LogP contribution is -2.04. The lowest BCUT2D eigenvalue weighted by Gasteiger charge is -2.05. The highest BCUT2D eigenvalue weighted by atomic mass is 35.5. The van der Waals surface area contributed by atoms with Gasteiger partial charge in [-0.05, 0) is 24.1 Å². The fourth-order valence-corrected chi connectivity index (χ4v) is 1.39. The number of hydrogen-bond acceptors (Lipinski definition) is 1. The van der Waals surface area contributed by atoms with E-state index in [4.69, 9.17) is 23.2 Å². The third-order valence-corrected chi connectivity index (χ3v) is 2.77. The Morgan fingerprint density at radius 3 is 2.33 bits per heavy atom. The third kappa shape index (κ3) is 3.26. The monoisotopic (exact) mass is 220 g/mol. The molecule has 0 nitrogen and oxygen atoms in total. The second kappa shape index (κ2) is 5.00. The number of hydrogen-bond donors (Lipinski definition) is 1. The summed E-state index contributed by atoms with van der Waals surface area (Å²) in [6.45, 7) is 0. The summed E-state index contributed by atoms with van der Waals surface area (Å²) in [6, 6.07) is 7.76. The molecule has 0 aliphatic heterocycles. The molecule has 0 amide bonds. The molecule has 0 aromatic heterocycles. The van der Waals surface area contributed by atoms with Crippen LogP contribution in [0.5, 0.6) is 0 Å². The first kappa shape index (κ1) is 10.2. The molecule has 1 unspecified atom stereocenters. The average molecular weight is 221 g/mol. The number of halogens is 2. The van der Waals surface area contributed by atoms with Crippen molar-refractivity contribution in [1.29, 1.82) is 0 Å². The molecule has 0 heterocycles. The summed E-state index contributed by atoms with van der Waals surface area (Å²) in [5, 5.41) is 0.994. The van der Waals surface area contributed by atoms with E-state index < -0.39 is 0 Å². The van der Waals surface area contributed by atoms with E-state index in [0.29, 0.717) is 5.88 Å². The van der Waals surface area contributed by atoms with Gasteiger partial charge in [-0.3, -0.25) is 0 Å². The van der Waals surface area contributed by atoms with E-state index in [0.717, 1.165) is 11.4 Å². The Balaban J connectivity index is 2.58. The lowest BCUT2D eigenvalue weighted by molar-refractivity contribution is 0.957. The Morgan fingerprint density at radius 1 is 1.25 bits per heavy atom. The smallest absolute Gasteiger partial charge is 0.0406 e. The normalized spacial score (nSPS) is 12.9. The number of alkyl halides is 1. The fraction of sp³-hybridized carbons (Fsp3) is 0.333. The molecule has 0 N–H and O–H groups in total. The van der Waals surface area contributed by atoms with Gasteiger partial charge in [-0.1, -0.05) is 23.7 Å². The summed E-state index contributed by atoms with van der Waals surface area (Å²) in [5.74, 6) is 0.575. The molecule has 1 atom stereocenters. The minimum atomic E-state index is 0.229. The summed E-state index contributed by atoms with van der Waals surface area (Å²) in [6.07, 6.45) is 0.893. The molecule has 0 bridgehead atoms. The maximum atomic E-state index is 5.74. The minimum Gasteiger partial charge on any atom is -0.174 e. The fourth-order valence-electron chi connectivity index (χ4n) is 0.947. The molecule has 0 saturated heterocycles. The van der Waals surface area contributed by atoms with Crippen LogP contribution in [0.15, 0.2) is 24.3 Å². The Morgan fingerprint density at radius 2 is 1.83 bits per heavy atom. The Hall–Kier alpha value is 0.150. The summed E-state index contributed by atoms with van der Waals surface area (Å²) in [7, 11) is 0. The number of benzene rings is 1. The Bertz CT molecular complexity index is 233. The second-order valence-electron chi connectivity index (χ2n) is 2.64. The summed E-state index contributed by atoms with van der Waals surface area (Å²) in [4.78, 5) is 0.